The molecule has 5 heteroatoms. The number of para-hydroxylation sites is 1. The van der Waals surface area contributed by atoms with Gasteiger partial charge in [0.15, 0.2) is 0 Å². The molecule has 1 fully saturated rings. The number of rotatable bonds is 6. The Kier molecular flexibility index (Phi) is 5.53. The van der Waals surface area contributed by atoms with Crippen molar-refractivity contribution >= 4 is 0 Å². The first kappa shape index (κ1) is 17.0. The van der Waals surface area contributed by atoms with Crippen LogP contribution >= 0.6 is 0 Å². The minimum atomic E-state index is 0.467. The van der Waals surface area contributed by atoms with Crippen molar-refractivity contribution in [3.63, 3.8) is 0 Å². The lowest BCUT2D eigenvalue weighted by Gasteiger charge is -2.35. The van der Waals surface area contributed by atoms with Crippen molar-refractivity contribution in [1.82, 2.24) is 19.4 Å². The van der Waals surface area contributed by atoms with E-state index in [9.17, 15) is 0 Å². The largest absolute Gasteiger partial charge is 0.496 e. The Morgan fingerprint density at radius 1 is 1.04 bits per heavy atom. The number of hydrogen-bond donors (Lipinski definition) is 0. The van der Waals surface area contributed by atoms with E-state index in [0.717, 1.165) is 45.0 Å². The van der Waals surface area contributed by atoms with Crippen LogP contribution in [0, 0.1) is 0 Å². The molecule has 24 heavy (non-hydrogen) atoms. The summed E-state index contributed by atoms with van der Waals surface area (Å²) in [5.41, 5.74) is 2.58. The highest BCUT2D eigenvalue weighted by Gasteiger charge is 2.19. The smallest absolute Gasteiger partial charge is 0.123 e. The van der Waals surface area contributed by atoms with E-state index in [-0.39, 0.29) is 0 Å². The molecule has 1 saturated heterocycles. The van der Waals surface area contributed by atoms with Gasteiger partial charge in [-0.05, 0) is 19.9 Å². The van der Waals surface area contributed by atoms with Crippen LogP contribution in [0.1, 0.15) is 31.1 Å². The molecule has 0 amide bonds. The van der Waals surface area contributed by atoms with Crippen molar-refractivity contribution in [2.24, 2.45) is 0 Å². The average Bonchev–Trinajstić information content (AvgIpc) is 3.05. The standard InChI is InChI=1S/C19H28N4O/c1-16(2)23-15-20-12-18(23)14-22-10-8-21(9-11-22)13-17-6-4-5-7-19(17)24-3/h4-7,12,15-16H,8-11,13-14H2,1-3H3. The fourth-order valence-electron chi connectivity index (χ4n) is 3.33. The first-order chi connectivity index (χ1) is 11.7. The van der Waals surface area contributed by atoms with Gasteiger partial charge < -0.3 is 9.30 Å². The molecule has 1 aromatic heterocycles. The van der Waals surface area contributed by atoms with Gasteiger partial charge in [0.1, 0.15) is 5.75 Å². The highest BCUT2D eigenvalue weighted by molar-refractivity contribution is 5.33. The number of piperazine rings is 1. The van der Waals surface area contributed by atoms with E-state index in [1.807, 2.05) is 24.7 Å². The van der Waals surface area contributed by atoms with Crippen molar-refractivity contribution in [2.45, 2.75) is 33.0 Å². The van der Waals surface area contributed by atoms with Gasteiger partial charge in [-0.15, -0.1) is 0 Å². The lowest BCUT2D eigenvalue weighted by Crippen LogP contribution is -2.45. The average molecular weight is 328 g/mol. The number of hydrogen-bond acceptors (Lipinski definition) is 4. The van der Waals surface area contributed by atoms with Crippen LogP contribution in [0.3, 0.4) is 0 Å². The van der Waals surface area contributed by atoms with Crippen LogP contribution in [0.2, 0.25) is 0 Å². The normalized spacial score (nSPS) is 16.7. The van der Waals surface area contributed by atoms with Gasteiger partial charge in [0, 0.05) is 57.1 Å². The summed E-state index contributed by atoms with van der Waals surface area (Å²) in [5.74, 6) is 0.987. The molecule has 0 spiro atoms. The Morgan fingerprint density at radius 2 is 1.71 bits per heavy atom. The summed E-state index contributed by atoms with van der Waals surface area (Å²) in [5, 5.41) is 0. The van der Waals surface area contributed by atoms with E-state index in [0.29, 0.717) is 6.04 Å². The maximum Gasteiger partial charge on any atom is 0.123 e. The molecule has 1 aliphatic heterocycles. The van der Waals surface area contributed by atoms with Crippen molar-refractivity contribution in [3.05, 3.63) is 48.0 Å². The summed E-state index contributed by atoms with van der Waals surface area (Å²) < 4.78 is 7.73. The predicted molar refractivity (Wildman–Crippen MR) is 96.2 cm³/mol. The second-order valence-electron chi connectivity index (χ2n) is 6.75. The molecule has 2 heterocycles. The van der Waals surface area contributed by atoms with E-state index >= 15 is 0 Å². The lowest BCUT2D eigenvalue weighted by atomic mass is 10.1. The van der Waals surface area contributed by atoms with Crippen molar-refractivity contribution in [3.8, 4) is 5.75 Å². The Hall–Kier alpha value is -1.85. The second kappa shape index (κ2) is 7.81. The topological polar surface area (TPSA) is 33.5 Å². The summed E-state index contributed by atoms with van der Waals surface area (Å²) in [6.07, 6.45) is 3.94. The highest BCUT2D eigenvalue weighted by Crippen LogP contribution is 2.20. The third-order valence-electron chi connectivity index (χ3n) is 4.74. The van der Waals surface area contributed by atoms with Gasteiger partial charge in [-0.3, -0.25) is 9.80 Å². The molecule has 2 aromatic rings. The molecule has 1 aliphatic rings. The zero-order chi connectivity index (χ0) is 16.9. The third-order valence-corrected chi connectivity index (χ3v) is 4.74. The van der Waals surface area contributed by atoms with Gasteiger partial charge >= 0.3 is 0 Å². The summed E-state index contributed by atoms with van der Waals surface area (Å²) >= 11 is 0. The Balaban J connectivity index is 1.53. The fourth-order valence-corrected chi connectivity index (χ4v) is 3.33. The molecule has 0 N–H and O–H groups in total. The molecule has 0 bridgehead atoms. The predicted octanol–water partition coefficient (Wildman–Crippen LogP) is 2.79. The van der Waals surface area contributed by atoms with Crippen LogP contribution in [0.15, 0.2) is 36.8 Å². The molecule has 0 radical (unpaired) electrons. The minimum absolute atomic E-state index is 0.467. The monoisotopic (exact) mass is 328 g/mol. The van der Waals surface area contributed by atoms with Crippen molar-refractivity contribution < 1.29 is 4.74 Å². The molecular formula is C19H28N4O. The first-order valence-corrected chi connectivity index (χ1v) is 8.74. The third kappa shape index (κ3) is 3.97. The number of nitrogens with zero attached hydrogens (tertiary/aromatic N) is 4. The molecular weight excluding hydrogens is 300 g/mol. The molecule has 3 rings (SSSR count). The zero-order valence-electron chi connectivity index (χ0n) is 15.0. The molecule has 0 aliphatic carbocycles. The maximum atomic E-state index is 5.47. The molecule has 1 aromatic carbocycles. The molecule has 0 saturated carbocycles. The fraction of sp³-hybridized carbons (Fsp3) is 0.526. The van der Waals surface area contributed by atoms with Gasteiger partial charge in [-0.2, -0.15) is 0 Å². The SMILES string of the molecule is COc1ccccc1CN1CCN(Cc2cncn2C(C)C)CC1. The summed E-state index contributed by atoms with van der Waals surface area (Å²) in [6, 6.07) is 8.78. The Bertz CT molecular complexity index is 644. The van der Waals surface area contributed by atoms with E-state index in [1.54, 1.807) is 7.11 Å². The Labute approximate surface area is 144 Å². The quantitative estimate of drug-likeness (QED) is 0.816. The minimum Gasteiger partial charge on any atom is -0.496 e. The van der Waals surface area contributed by atoms with Crippen molar-refractivity contribution in [1.29, 1.82) is 0 Å². The summed E-state index contributed by atoms with van der Waals surface area (Å²) in [7, 11) is 1.74. The summed E-state index contributed by atoms with van der Waals surface area (Å²) in [4.78, 5) is 9.34. The van der Waals surface area contributed by atoms with Gasteiger partial charge in [0.2, 0.25) is 0 Å². The number of aromatic nitrogens is 2. The van der Waals surface area contributed by atoms with Gasteiger partial charge in [0.05, 0.1) is 19.1 Å². The number of imidazole rings is 1. The van der Waals surface area contributed by atoms with Gasteiger partial charge in [-0.25, -0.2) is 4.98 Å². The van der Waals surface area contributed by atoms with E-state index < -0.39 is 0 Å². The summed E-state index contributed by atoms with van der Waals surface area (Å²) in [6.45, 7) is 10.7. The Morgan fingerprint density at radius 3 is 2.38 bits per heavy atom. The lowest BCUT2D eigenvalue weighted by molar-refractivity contribution is 0.119. The van der Waals surface area contributed by atoms with Gasteiger partial charge in [-0.1, -0.05) is 18.2 Å². The molecule has 130 valence electrons. The van der Waals surface area contributed by atoms with Crippen LogP contribution in [0.4, 0.5) is 0 Å². The van der Waals surface area contributed by atoms with Crippen molar-refractivity contribution in [2.75, 3.05) is 33.3 Å². The molecule has 5 nitrogen and oxygen atoms in total. The van der Waals surface area contributed by atoms with Crippen LogP contribution in [-0.4, -0.2) is 52.6 Å². The van der Waals surface area contributed by atoms with E-state index in [4.69, 9.17) is 4.74 Å². The number of methoxy groups -OCH3 is 1. The maximum absolute atomic E-state index is 5.47. The zero-order valence-corrected chi connectivity index (χ0v) is 15.0. The van der Waals surface area contributed by atoms with E-state index in [1.165, 1.54) is 11.3 Å². The van der Waals surface area contributed by atoms with Gasteiger partial charge in [0.25, 0.3) is 0 Å². The first-order valence-electron chi connectivity index (χ1n) is 8.74. The molecule has 0 unspecified atom stereocenters. The van der Waals surface area contributed by atoms with E-state index in [2.05, 4.69) is 45.3 Å². The molecule has 0 atom stereocenters. The highest BCUT2D eigenvalue weighted by atomic mass is 16.5. The van der Waals surface area contributed by atoms with Crippen LogP contribution < -0.4 is 4.74 Å². The van der Waals surface area contributed by atoms with Crippen LogP contribution in [0.25, 0.3) is 0 Å². The number of benzene rings is 1. The second-order valence-corrected chi connectivity index (χ2v) is 6.75. The van der Waals surface area contributed by atoms with Crippen LogP contribution in [0.5, 0.6) is 5.75 Å². The number of ether oxygens (including phenoxy) is 1. The van der Waals surface area contributed by atoms with Crippen LogP contribution in [-0.2, 0) is 13.1 Å².